The summed E-state index contributed by atoms with van der Waals surface area (Å²) >= 11 is 0. The Balaban J connectivity index is 2.93. The molecule has 1 aromatic rings. The Morgan fingerprint density at radius 1 is 1.32 bits per heavy atom. The van der Waals surface area contributed by atoms with E-state index in [1.54, 1.807) is 19.5 Å². The summed E-state index contributed by atoms with van der Waals surface area (Å²) in [6, 6.07) is 0. The van der Waals surface area contributed by atoms with Crippen LogP contribution in [0.5, 0.6) is 5.88 Å². The number of aliphatic hydroxyl groups is 1. The lowest BCUT2D eigenvalue weighted by molar-refractivity contribution is -0.000566. The molecule has 1 atom stereocenters. The second kappa shape index (κ2) is 7.43. The molecule has 1 N–H and O–H groups in total. The van der Waals surface area contributed by atoms with Crippen molar-refractivity contribution in [3.63, 3.8) is 0 Å². The molecule has 1 aromatic heterocycles. The number of aromatic nitrogens is 2. The van der Waals surface area contributed by atoms with Crippen molar-refractivity contribution in [2.75, 3.05) is 7.11 Å². The molecule has 0 aliphatic carbocycles. The third-order valence-electron chi connectivity index (χ3n) is 3.24. The predicted octanol–water partition coefficient (Wildman–Crippen LogP) is 3.30. The standard InChI is InChI=1S/C15H26N2O2/c1-5-6-7-8-15(18,9-12(2)3)13-10-16-11-14(17-13)19-4/h10-12,18H,5-9H2,1-4H3. The van der Waals surface area contributed by atoms with E-state index in [4.69, 9.17) is 4.74 Å². The molecular weight excluding hydrogens is 240 g/mol. The van der Waals surface area contributed by atoms with E-state index < -0.39 is 5.60 Å². The molecule has 4 heteroatoms. The molecule has 0 fully saturated rings. The summed E-state index contributed by atoms with van der Waals surface area (Å²) in [5, 5.41) is 10.9. The van der Waals surface area contributed by atoms with Crippen LogP contribution in [0, 0.1) is 5.92 Å². The van der Waals surface area contributed by atoms with Crippen molar-refractivity contribution >= 4 is 0 Å². The molecule has 0 bridgehead atoms. The van der Waals surface area contributed by atoms with Crippen LogP contribution in [0.2, 0.25) is 0 Å². The van der Waals surface area contributed by atoms with E-state index in [0.717, 1.165) is 25.7 Å². The highest BCUT2D eigenvalue weighted by Gasteiger charge is 2.31. The first-order valence-electron chi connectivity index (χ1n) is 7.10. The maximum atomic E-state index is 10.9. The van der Waals surface area contributed by atoms with Crippen LogP contribution < -0.4 is 4.74 Å². The van der Waals surface area contributed by atoms with Gasteiger partial charge in [-0.3, -0.25) is 4.98 Å². The van der Waals surface area contributed by atoms with Gasteiger partial charge in [0.15, 0.2) is 0 Å². The molecule has 1 heterocycles. The molecule has 4 nitrogen and oxygen atoms in total. The highest BCUT2D eigenvalue weighted by atomic mass is 16.5. The molecule has 0 saturated carbocycles. The lowest BCUT2D eigenvalue weighted by Gasteiger charge is -2.29. The van der Waals surface area contributed by atoms with Crippen molar-refractivity contribution in [1.29, 1.82) is 0 Å². The largest absolute Gasteiger partial charge is 0.480 e. The molecule has 0 spiro atoms. The second-order valence-corrected chi connectivity index (χ2v) is 5.53. The number of hydrogen-bond donors (Lipinski definition) is 1. The van der Waals surface area contributed by atoms with Crippen molar-refractivity contribution in [3.8, 4) is 5.88 Å². The smallest absolute Gasteiger partial charge is 0.232 e. The maximum absolute atomic E-state index is 10.9. The lowest BCUT2D eigenvalue weighted by Crippen LogP contribution is -2.29. The first kappa shape index (κ1) is 15.9. The zero-order valence-electron chi connectivity index (χ0n) is 12.5. The summed E-state index contributed by atoms with van der Waals surface area (Å²) in [5.41, 5.74) is -0.276. The van der Waals surface area contributed by atoms with Crippen LogP contribution in [0.15, 0.2) is 12.4 Å². The van der Waals surface area contributed by atoms with Crippen LogP contribution in [0.1, 0.15) is 58.6 Å². The van der Waals surface area contributed by atoms with E-state index in [0.29, 0.717) is 23.9 Å². The molecule has 0 amide bonds. The quantitative estimate of drug-likeness (QED) is 0.733. The van der Waals surface area contributed by atoms with Crippen molar-refractivity contribution in [1.82, 2.24) is 9.97 Å². The number of rotatable bonds is 8. The first-order chi connectivity index (χ1) is 9.01. The highest BCUT2D eigenvalue weighted by Crippen LogP contribution is 2.33. The average molecular weight is 266 g/mol. The molecule has 19 heavy (non-hydrogen) atoms. The van der Waals surface area contributed by atoms with Crippen molar-refractivity contribution in [3.05, 3.63) is 18.1 Å². The molecule has 1 rings (SSSR count). The Labute approximate surface area is 116 Å². The van der Waals surface area contributed by atoms with Gasteiger partial charge in [0.25, 0.3) is 0 Å². The summed E-state index contributed by atoms with van der Waals surface area (Å²) in [5.74, 6) is 0.856. The third kappa shape index (κ3) is 4.78. The lowest BCUT2D eigenvalue weighted by atomic mass is 9.85. The van der Waals surface area contributed by atoms with Crippen LogP contribution in [0.4, 0.5) is 0 Å². The Kier molecular flexibility index (Phi) is 6.22. The van der Waals surface area contributed by atoms with Crippen molar-refractivity contribution < 1.29 is 9.84 Å². The Morgan fingerprint density at radius 3 is 2.63 bits per heavy atom. The summed E-state index contributed by atoms with van der Waals surface area (Å²) in [7, 11) is 1.56. The predicted molar refractivity (Wildman–Crippen MR) is 76.1 cm³/mol. The minimum absolute atomic E-state index is 0.402. The number of unbranched alkanes of at least 4 members (excludes halogenated alkanes) is 2. The van der Waals surface area contributed by atoms with Gasteiger partial charge >= 0.3 is 0 Å². The van der Waals surface area contributed by atoms with Gasteiger partial charge in [0, 0.05) is 0 Å². The number of methoxy groups -OCH3 is 1. The topological polar surface area (TPSA) is 55.2 Å². The maximum Gasteiger partial charge on any atom is 0.232 e. The van der Waals surface area contributed by atoms with Crippen LogP contribution >= 0.6 is 0 Å². The minimum Gasteiger partial charge on any atom is -0.480 e. The van der Waals surface area contributed by atoms with Gasteiger partial charge in [0.1, 0.15) is 5.60 Å². The Morgan fingerprint density at radius 2 is 2.05 bits per heavy atom. The summed E-state index contributed by atoms with van der Waals surface area (Å²) < 4.78 is 5.10. The van der Waals surface area contributed by atoms with E-state index in [9.17, 15) is 5.11 Å². The number of ether oxygens (including phenoxy) is 1. The first-order valence-corrected chi connectivity index (χ1v) is 7.10. The molecular formula is C15H26N2O2. The molecule has 0 aliphatic heterocycles. The highest BCUT2D eigenvalue weighted by molar-refractivity contribution is 5.15. The third-order valence-corrected chi connectivity index (χ3v) is 3.24. The summed E-state index contributed by atoms with van der Waals surface area (Å²) in [6.07, 6.45) is 7.89. The molecule has 1 unspecified atom stereocenters. The van der Waals surface area contributed by atoms with Crippen LogP contribution in [0.3, 0.4) is 0 Å². The Bertz CT molecular complexity index is 382. The summed E-state index contributed by atoms with van der Waals surface area (Å²) in [4.78, 5) is 8.47. The molecule has 0 aromatic carbocycles. The fourth-order valence-electron chi connectivity index (χ4n) is 2.35. The monoisotopic (exact) mass is 266 g/mol. The van der Waals surface area contributed by atoms with Gasteiger partial charge < -0.3 is 9.84 Å². The van der Waals surface area contributed by atoms with Gasteiger partial charge in [-0.2, -0.15) is 0 Å². The van der Waals surface area contributed by atoms with E-state index >= 15 is 0 Å². The van der Waals surface area contributed by atoms with Crippen LogP contribution in [-0.2, 0) is 5.60 Å². The normalized spacial score (nSPS) is 14.4. The van der Waals surface area contributed by atoms with Gasteiger partial charge in [-0.1, -0.05) is 40.0 Å². The van der Waals surface area contributed by atoms with Gasteiger partial charge in [-0.25, -0.2) is 4.98 Å². The van der Waals surface area contributed by atoms with E-state index in [1.807, 2.05) is 0 Å². The van der Waals surface area contributed by atoms with Crippen LogP contribution in [-0.4, -0.2) is 22.2 Å². The fourth-order valence-corrected chi connectivity index (χ4v) is 2.35. The van der Waals surface area contributed by atoms with E-state index in [-0.39, 0.29) is 0 Å². The SMILES string of the molecule is CCCCCC(O)(CC(C)C)c1cncc(OC)n1. The van der Waals surface area contributed by atoms with Crippen molar-refractivity contribution in [2.24, 2.45) is 5.92 Å². The zero-order chi connectivity index (χ0) is 14.3. The molecule has 108 valence electrons. The van der Waals surface area contributed by atoms with Crippen LogP contribution in [0.25, 0.3) is 0 Å². The van der Waals surface area contributed by atoms with Crippen molar-refractivity contribution in [2.45, 2.75) is 58.5 Å². The fraction of sp³-hybridized carbons (Fsp3) is 0.733. The summed E-state index contributed by atoms with van der Waals surface area (Å²) in [6.45, 7) is 6.38. The van der Waals surface area contributed by atoms with E-state index in [1.165, 1.54) is 0 Å². The zero-order valence-corrected chi connectivity index (χ0v) is 12.5. The number of nitrogens with zero attached hydrogens (tertiary/aromatic N) is 2. The van der Waals surface area contributed by atoms with E-state index in [2.05, 4.69) is 30.7 Å². The average Bonchev–Trinajstić information content (AvgIpc) is 2.38. The van der Waals surface area contributed by atoms with Gasteiger partial charge in [0.2, 0.25) is 5.88 Å². The Hall–Kier alpha value is -1.16. The number of hydrogen-bond acceptors (Lipinski definition) is 4. The minimum atomic E-state index is -0.898. The van der Waals surface area contributed by atoms with Gasteiger partial charge in [-0.15, -0.1) is 0 Å². The molecule has 0 aliphatic rings. The van der Waals surface area contributed by atoms with Gasteiger partial charge in [0.05, 0.1) is 25.2 Å². The van der Waals surface area contributed by atoms with Gasteiger partial charge in [-0.05, 0) is 18.8 Å². The second-order valence-electron chi connectivity index (χ2n) is 5.53. The molecule has 0 saturated heterocycles. The molecule has 0 radical (unpaired) electrons.